The summed E-state index contributed by atoms with van der Waals surface area (Å²) in [4.78, 5) is 57.2. The van der Waals surface area contributed by atoms with E-state index in [-0.39, 0.29) is 41.9 Å². The SMILES string of the molecule is N#C/C(C(=O)NCCNC(=O)C(C#N)CC1SC(Cc2ccc(Cl)cc2)C(=O)N1c1ccccc1)=C1/SC(Cc2ccc(Cl)cc2)C(=O)N1c1ccccc1. The zero-order valence-electron chi connectivity index (χ0n) is 29.2. The fraction of sp³-hybridized carbons (Fsp3) is 0.220. The minimum Gasteiger partial charge on any atom is -0.353 e. The number of para-hydroxylation sites is 2. The van der Waals surface area contributed by atoms with Crippen LogP contribution in [0.3, 0.4) is 0 Å². The van der Waals surface area contributed by atoms with Gasteiger partial charge in [0, 0.05) is 40.9 Å². The van der Waals surface area contributed by atoms with Crippen molar-refractivity contribution in [3.8, 4) is 12.1 Å². The number of nitrogens with zero attached hydrogens (tertiary/aromatic N) is 4. The van der Waals surface area contributed by atoms with Gasteiger partial charge in [0.25, 0.3) is 5.91 Å². The van der Waals surface area contributed by atoms with Gasteiger partial charge in [-0.05, 0) is 72.5 Å². The van der Waals surface area contributed by atoms with Crippen molar-refractivity contribution in [1.82, 2.24) is 10.6 Å². The zero-order chi connectivity index (χ0) is 38.9. The van der Waals surface area contributed by atoms with E-state index in [4.69, 9.17) is 23.2 Å². The highest BCUT2D eigenvalue weighted by molar-refractivity contribution is 8.05. The number of anilines is 2. The smallest absolute Gasteiger partial charge is 0.264 e. The van der Waals surface area contributed by atoms with E-state index in [2.05, 4.69) is 16.7 Å². The van der Waals surface area contributed by atoms with E-state index >= 15 is 0 Å². The van der Waals surface area contributed by atoms with Crippen molar-refractivity contribution in [3.63, 3.8) is 0 Å². The van der Waals surface area contributed by atoms with Gasteiger partial charge in [-0.3, -0.25) is 29.0 Å². The molecule has 4 atom stereocenters. The van der Waals surface area contributed by atoms with E-state index in [1.54, 1.807) is 59.5 Å². The van der Waals surface area contributed by atoms with Gasteiger partial charge in [-0.2, -0.15) is 10.5 Å². The Morgan fingerprint density at radius 1 is 0.727 bits per heavy atom. The molecule has 0 radical (unpaired) electrons. The van der Waals surface area contributed by atoms with Crippen molar-refractivity contribution in [2.75, 3.05) is 22.9 Å². The summed E-state index contributed by atoms with van der Waals surface area (Å²) in [7, 11) is 0. The highest BCUT2D eigenvalue weighted by atomic mass is 35.5. The van der Waals surface area contributed by atoms with Gasteiger partial charge >= 0.3 is 0 Å². The quantitative estimate of drug-likeness (QED) is 0.0843. The minimum atomic E-state index is -1.09. The Kier molecular flexibility index (Phi) is 13.2. The van der Waals surface area contributed by atoms with Crippen LogP contribution in [0, 0.1) is 28.6 Å². The lowest BCUT2D eigenvalue weighted by molar-refractivity contribution is -0.124. The number of hydrogen-bond donors (Lipinski definition) is 2. The topological polar surface area (TPSA) is 146 Å². The van der Waals surface area contributed by atoms with Crippen LogP contribution < -0.4 is 20.4 Å². The van der Waals surface area contributed by atoms with Crippen LogP contribution >= 0.6 is 46.7 Å². The fourth-order valence-corrected chi connectivity index (χ4v) is 9.35. The third-order valence-electron chi connectivity index (χ3n) is 8.96. The predicted octanol–water partition coefficient (Wildman–Crippen LogP) is 6.90. The van der Waals surface area contributed by atoms with Gasteiger partial charge in [0.15, 0.2) is 0 Å². The maximum absolute atomic E-state index is 13.7. The lowest BCUT2D eigenvalue weighted by atomic mass is 10.0. The molecule has 14 heteroatoms. The number of halogens is 2. The number of carbonyl (C=O) groups excluding carboxylic acids is 4. The molecule has 2 fully saturated rings. The van der Waals surface area contributed by atoms with Gasteiger partial charge in [-0.1, -0.05) is 95.6 Å². The van der Waals surface area contributed by atoms with Crippen molar-refractivity contribution in [2.45, 2.75) is 35.1 Å². The van der Waals surface area contributed by atoms with E-state index in [1.165, 1.54) is 16.7 Å². The molecule has 2 aliphatic rings. The first-order valence-electron chi connectivity index (χ1n) is 17.3. The van der Waals surface area contributed by atoms with Gasteiger partial charge < -0.3 is 10.6 Å². The Morgan fingerprint density at radius 3 is 1.84 bits per heavy atom. The van der Waals surface area contributed by atoms with Gasteiger partial charge in [0.05, 0.1) is 21.9 Å². The van der Waals surface area contributed by atoms with Crippen LogP contribution in [0.15, 0.2) is 120 Å². The molecule has 4 aromatic rings. The third-order valence-corrected chi connectivity index (χ3v) is 12.1. The maximum Gasteiger partial charge on any atom is 0.264 e. The average Bonchev–Trinajstić information content (AvgIpc) is 3.68. The van der Waals surface area contributed by atoms with Gasteiger partial charge in [0.2, 0.25) is 17.7 Å². The average molecular weight is 810 g/mol. The summed E-state index contributed by atoms with van der Waals surface area (Å²) < 4.78 is 0. The van der Waals surface area contributed by atoms with Crippen LogP contribution in [0.1, 0.15) is 17.5 Å². The number of nitriles is 2. The molecule has 4 amide bonds. The number of rotatable bonds is 13. The minimum absolute atomic E-state index is 0.0250. The largest absolute Gasteiger partial charge is 0.353 e. The molecule has 0 saturated carbocycles. The Bertz CT molecular complexity index is 2160. The molecule has 0 bridgehead atoms. The van der Waals surface area contributed by atoms with Gasteiger partial charge in [0.1, 0.15) is 22.6 Å². The van der Waals surface area contributed by atoms with Crippen LogP contribution in [-0.4, -0.2) is 52.6 Å². The monoisotopic (exact) mass is 808 g/mol. The predicted molar refractivity (Wildman–Crippen MR) is 217 cm³/mol. The maximum atomic E-state index is 13.7. The van der Waals surface area contributed by atoms with E-state index in [0.717, 1.165) is 22.9 Å². The number of benzene rings is 4. The molecule has 2 heterocycles. The zero-order valence-corrected chi connectivity index (χ0v) is 32.4. The van der Waals surface area contributed by atoms with Crippen LogP contribution in [-0.2, 0) is 32.0 Å². The normalized spacial score (nSPS) is 19.4. The van der Waals surface area contributed by atoms with Crippen molar-refractivity contribution >= 4 is 81.7 Å². The van der Waals surface area contributed by atoms with E-state index < -0.39 is 33.6 Å². The summed E-state index contributed by atoms with van der Waals surface area (Å²) >= 11 is 14.7. The molecule has 0 spiro atoms. The molecule has 4 aromatic carbocycles. The second-order valence-corrected chi connectivity index (χ2v) is 16.1. The lowest BCUT2D eigenvalue weighted by Crippen LogP contribution is -2.40. The molecule has 0 aliphatic carbocycles. The molecule has 10 nitrogen and oxygen atoms in total. The van der Waals surface area contributed by atoms with Crippen LogP contribution in [0.25, 0.3) is 0 Å². The van der Waals surface area contributed by atoms with Gasteiger partial charge in [-0.25, -0.2) is 0 Å². The summed E-state index contributed by atoms with van der Waals surface area (Å²) in [5.41, 5.74) is 2.78. The Labute approximate surface area is 337 Å². The van der Waals surface area contributed by atoms with Crippen molar-refractivity contribution in [2.24, 2.45) is 5.92 Å². The summed E-state index contributed by atoms with van der Waals surface area (Å²) in [6, 6.07) is 36.5. The highest BCUT2D eigenvalue weighted by Gasteiger charge is 2.43. The van der Waals surface area contributed by atoms with Crippen LogP contribution in [0.5, 0.6) is 0 Å². The molecule has 0 aromatic heterocycles. The van der Waals surface area contributed by atoms with E-state index in [1.807, 2.05) is 60.7 Å². The summed E-state index contributed by atoms with van der Waals surface area (Å²) in [5, 5.41) is 25.5. The number of amides is 4. The molecule has 278 valence electrons. The second-order valence-electron chi connectivity index (χ2n) is 12.7. The molecular formula is C41H34Cl2N6O4S2. The van der Waals surface area contributed by atoms with Crippen LogP contribution in [0.4, 0.5) is 11.4 Å². The number of hydrogen-bond acceptors (Lipinski definition) is 8. The van der Waals surface area contributed by atoms with E-state index in [0.29, 0.717) is 34.3 Å². The first-order chi connectivity index (χ1) is 26.7. The Morgan fingerprint density at radius 2 is 1.27 bits per heavy atom. The molecule has 55 heavy (non-hydrogen) atoms. The van der Waals surface area contributed by atoms with Crippen molar-refractivity contribution in [3.05, 3.63) is 141 Å². The Hall–Kier alpha value is -5.24. The first-order valence-corrected chi connectivity index (χ1v) is 19.9. The summed E-state index contributed by atoms with van der Waals surface area (Å²) in [5.74, 6) is -2.71. The third kappa shape index (κ3) is 9.53. The second kappa shape index (κ2) is 18.4. The molecule has 4 unspecified atom stereocenters. The molecule has 2 saturated heterocycles. The summed E-state index contributed by atoms with van der Waals surface area (Å²) in [6.45, 7) is -0.0713. The fourth-order valence-electron chi connectivity index (χ4n) is 6.25. The first kappa shape index (κ1) is 39.5. The number of thioether (sulfide) groups is 2. The van der Waals surface area contributed by atoms with Crippen molar-refractivity contribution in [1.29, 1.82) is 10.5 Å². The highest BCUT2D eigenvalue weighted by Crippen LogP contribution is 2.42. The van der Waals surface area contributed by atoms with Crippen LogP contribution in [0.2, 0.25) is 10.0 Å². The number of carbonyl (C=O) groups is 4. The Balaban J connectivity index is 1.09. The molecule has 6 rings (SSSR count). The van der Waals surface area contributed by atoms with Crippen molar-refractivity contribution < 1.29 is 19.2 Å². The molecule has 2 N–H and O–H groups in total. The van der Waals surface area contributed by atoms with E-state index in [9.17, 15) is 29.7 Å². The van der Waals surface area contributed by atoms with Gasteiger partial charge in [-0.15, -0.1) is 11.8 Å². The summed E-state index contributed by atoms with van der Waals surface area (Å²) in [6.07, 6.45) is 0.905. The molecular weight excluding hydrogens is 776 g/mol. The lowest BCUT2D eigenvalue weighted by Gasteiger charge is -2.25. The molecule has 2 aliphatic heterocycles. The number of nitrogens with one attached hydrogen (secondary N) is 2. The standard InChI is InChI=1S/C41H34Cl2N6O4S2/c42-29-15-11-26(12-16-29)21-34-39(52)48(31-7-3-1-4-8-31)36(54-34)23-28(24-44)37(50)46-19-20-47-38(51)33(25-45)41-49(32-9-5-2-6-10-32)40(53)35(55-41)22-27-13-17-30(43)18-14-27/h1-18,28,34-36H,19-23H2,(H,46,50)(H,47,51)/b41-33-.